The Kier molecular flexibility index (Phi) is 5.11. The molecule has 3 atom stereocenters. The van der Waals surface area contributed by atoms with E-state index in [-0.39, 0.29) is 5.82 Å². The molecule has 0 nitrogen and oxygen atoms in total. The van der Waals surface area contributed by atoms with E-state index in [4.69, 9.17) is 0 Å². The van der Waals surface area contributed by atoms with Crippen LogP contribution in [0.2, 0.25) is 0 Å². The first-order valence-electron chi connectivity index (χ1n) is 10.1. The molecule has 2 aromatic carbocycles. The minimum absolute atomic E-state index is 0.215. The van der Waals surface area contributed by atoms with Crippen molar-refractivity contribution >= 4 is 0 Å². The number of hydrogen-bond donors (Lipinski definition) is 0. The average molecular weight is 346 g/mol. The quantitative estimate of drug-likeness (QED) is 0.547. The van der Waals surface area contributed by atoms with Crippen LogP contribution in [0.25, 0.3) is 0 Å². The van der Waals surface area contributed by atoms with Gasteiger partial charge in [-0.25, -0.2) is 4.39 Å². The second-order valence-corrected chi connectivity index (χ2v) is 8.04. The zero-order valence-electron chi connectivity index (χ0n) is 15.6. The van der Waals surface area contributed by atoms with E-state index >= 15 is 0 Å². The van der Waals surface area contributed by atoms with Gasteiger partial charge >= 0.3 is 0 Å². The molecule has 1 fully saturated rings. The Labute approximate surface area is 156 Å². The van der Waals surface area contributed by atoms with E-state index in [0.717, 1.165) is 28.9 Å². The lowest BCUT2D eigenvalue weighted by atomic mass is 9.64. The van der Waals surface area contributed by atoms with Crippen LogP contribution in [0.1, 0.15) is 73.6 Å². The summed E-state index contributed by atoms with van der Waals surface area (Å²) in [6.45, 7) is 2.32. The van der Waals surface area contributed by atoms with E-state index < -0.39 is 0 Å². The molecule has 0 unspecified atom stereocenters. The van der Waals surface area contributed by atoms with E-state index in [1.165, 1.54) is 62.6 Å². The predicted molar refractivity (Wildman–Crippen MR) is 106 cm³/mol. The molecule has 1 heteroatoms. The highest BCUT2D eigenvalue weighted by Gasteiger charge is 2.34. The molecule has 2 aromatic rings. The lowest BCUT2D eigenvalue weighted by Gasteiger charge is -2.40. The first kappa shape index (κ1) is 17.3. The minimum Gasteiger partial charge on any atom is -0.207 e. The maximum atomic E-state index is 13.0. The Morgan fingerprint density at radius 1 is 0.962 bits per heavy atom. The molecule has 2 aliphatic rings. The molecule has 0 aromatic heterocycles. The van der Waals surface area contributed by atoms with E-state index in [9.17, 15) is 4.39 Å². The molecule has 0 saturated heterocycles. The first-order valence-corrected chi connectivity index (χ1v) is 10.1. The molecule has 0 amide bonds. The molecule has 0 bridgehead atoms. The van der Waals surface area contributed by atoms with E-state index in [1.807, 2.05) is 0 Å². The first-order chi connectivity index (χ1) is 12.7. The maximum absolute atomic E-state index is 13.0. The normalized spacial score (nSPS) is 24.2. The number of halogens is 1. The van der Waals surface area contributed by atoms with Crippen LogP contribution in [0.5, 0.6) is 0 Å². The summed E-state index contributed by atoms with van der Waals surface area (Å²) in [6, 6.07) is 13.2. The molecule has 2 aliphatic carbocycles. The van der Waals surface area contributed by atoms with E-state index in [1.54, 1.807) is 17.7 Å². The number of fused-ring (bicyclic) bond motifs is 3. The average Bonchev–Trinajstić information content (AvgIpc) is 2.67. The summed E-state index contributed by atoms with van der Waals surface area (Å²) in [5.74, 6) is 8.82. The van der Waals surface area contributed by atoms with Crippen LogP contribution in [0.15, 0.2) is 42.5 Å². The van der Waals surface area contributed by atoms with Crippen molar-refractivity contribution in [1.82, 2.24) is 0 Å². The monoisotopic (exact) mass is 346 g/mol. The van der Waals surface area contributed by atoms with Gasteiger partial charge in [-0.15, -0.1) is 0 Å². The lowest BCUT2D eigenvalue weighted by Crippen LogP contribution is -2.28. The van der Waals surface area contributed by atoms with Crippen LogP contribution in [0.4, 0.5) is 4.39 Å². The summed E-state index contributed by atoms with van der Waals surface area (Å²) in [7, 11) is 0. The van der Waals surface area contributed by atoms with Gasteiger partial charge in [-0.1, -0.05) is 37.7 Å². The SMILES string of the molecule is CCC[C@@H]1CC[C@@H]2c3ccc(C#Cc4ccc(F)cc4)cc3CC[C@@H]2C1. The van der Waals surface area contributed by atoms with Crippen LogP contribution >= 0.6 is 0 Å². The van der Waals surface area contributed by atoms with Crippen LogP contribution in [-0.4, -0.2) is 0 Å². The van der Waals surface area contributed by atoms with Crippen LogP contribution in [-0.2, 0) is 6.42 Å². The smallest absolute Gasteiger partial charge is 0.123 e. The zero-order chi connectivity index (χ0) is 17.9. The Hall–Kier alpha value is -2.07. The second kappa shape index (κ2) is 7.67. The van der Waals surface area contributed by atoms with Gasteiger partial charge in [-0.05, 0) is 97.4 Å². The fourth-order valence-electron chi connectivity index (χ4n) is 5.04. The second-order valence-electron chi connectivity index (χ2n) is 8.04. The van der Waals surface area contributed by atoms with Gasteiger partial charge in [0.2, 0.25) is 0 Å². The Morgan fingerprint density at radius 2 is 1.73 bits per heavy atom. The van der Waals surface area contributed by atoms with E-state index in [0.29, 0.717) is 0 Å². The largest absolute Gasteiger partial charge is 0.207 e. The molecule has 0 radical (unpaired) electrons. The number of rotatable bonds is 2. The van der Waals surface area contributed by atoms with Crippen LogP contribution in [0.3, 0.4) is 0 Å². The standard InChI is InChI=1S/C25H27F/c1-2-3-19-8-14-24-21(16-19)10-11-22-17-20(9-15-25(22)24)5-4-18-6-12-23(26)13-7-18/h6-7,9,12-13,15,17,19,21,24H,2-3,8,10-11,14,16H2,1H3/t19-,21-,24+/m1/s1. The number of aryl methyl sites for hydroxylation is 1. The third-order valence-electron chi connectivity index (χ3n) is 6.31. The highest BCUT2D eigenvalue weighted by Crippen LogP contribution is 2.47. The van der Waals surface area contributed by atoms with Gasteiger partial charge in [0.05, 0.1) is 0 Å². The van der Waals surface area contributed by atoms with Gasteiger partial charge in [0, 0.05) is 11.1 Å². The molecule has 0 spiro atoms. The van der Waals surface area contributed by atoms with Gasteiger partial charge < -0.3 is 0 Å². The van der Waals surface area contributed by atoms with Crippen LogP contribution < -0.4 is 0 Å². The summed E-state index contributed by atoms with van der Waals surface area (Å²) < 4.78 is 13.0. The van der Waals surface area contributed by atoms with Crippen molar-refractivity contribution in [3.8, 4) is 11.8 Å². The van der Waals surface area contributed by atoms with Crippen molar-refractivity contribution in [2.75, 3.05) is 0 Å². The van der Waals surface area contributed by atoms with Crippen LogP contribution in [0, 0.1) is 29.5 Å². The van der Waals surface area contributed by atoms with Gasteiger partial charge in [0.1, 0.15) is 5.82 Å². The maximum Gasteiger partial charge on any atom is 0.123 e. The number of benzene rings is 2. The van der Waals surface area contributed by atoms with Gasteiger partial charge in [-0.3, -0.25) is 0 Å². The Morgan fingerprint density at radius 3 is 2.54 bits per heavy atom. The van der Waals surface area contributed by atoms with Gasteiger partial charge in [0.25, 0.3) is 0 Å². The summed E-state index contributed by atoms with van der Waals surface area (Å²) in [5.41, 5.74) is 5.03. The summed E-state index contributed by atoms with van der Waals surface area (Å²) in [5, 5.41) is 0. The molecular formula is C25H27F. The zero-order valence-corrected chi connectivity index (χ0v) is 15.6. The van der Waals surface area contributed by atoms with Crippen molar-refractivity contribution < 1.29 is 4.39 Å². The molecule has 26 heavy (non-hydrogen) atoms. The molecule has 0 aliphatic heterocycles. The van der Waals surface area contributed by atoms with Gasteiger partial charge in [0.15, 0.2) is 0 Å². The van der Waals surface area contributed by atoms with Gasteiger partial charge in [-0.2, -0.15) is 0 Å². The Bertz CT molecular complexity index is 821. The summed E-state index contributed by atoms with van der Waals surface area (Å²) in [6.07, 6.45) is 9.48. The van der Waals surface area contributed by atoms with Crippen molar-refractivity contribution in [3.63, 3.8) is 0 Å². The number of hydrogen-bond acceptors (Lipinski definition) is 0. The van der Waals surface area contributed by atoms with E-state index in [2.05, 4.69) is 37.0 Å². The molecule has 0 heterocycles. The van der Waals surface area contributed by atoms with Crippen molar-refractivity contribution in [2.24, 2.45) is 11.8 Å². The van der Waals surface area contributed by atoms with Crippen molar-refractivity contribution in [1.29, 1.82) is 0 Å². The molecule has 4 rings (SSSR count). The topological polar surface area (TPSA) is 0 Å². The highest BCUT2D eigenvalue weighted by molar-refractivity contribution is 5.47. The molecule has 0 N–H and O–H groups in total. The lowest BCUT2D eigenvalue weighted by molar-refractivity contribution is 0.201. The molecule has 134 valence electrons. The molecule has 1 saturated carbocycles. The third kappa shape index (κ3) is 3.70. The third-order valence-corrected chi connectivity index (χ3v) is 6.31. The minimum atomic E-state index is -0.215. The summed E-state index contributed by atoms with van der Waals surface area (Å²) in [4.78, 5) is 0. The predicted octanol–water partition coefficient (Wildman–Crippen LogP) is 6.47. The highest BCUT2D eigenvalue weighted by atomic mass is 19.1. The van der Waals surface area contributed by atoms with Crippen molar-refractivity contribution in [2.45, 2.75) is 57.8 Å². The Balaban J connectivity index is 1.51. The molecular weight excluding hydrogens is 319 g/mol. The fourth-order valence-corrected chi connectivity index (χ4v) is 5.04. The fraction of sp³-hybridized carbons (Fsp3) is 0.440. The van der Waals surface area contributed by atoms with Crippen molar-refractivity contribution in [3.05, 3.63) is 70.5 Å². The summed E-state index contributed by atoms with van der Waals surface area (Å²) >= 11 is 0.